The fourth-order valence-electron chi connectivity index (χ4n) is 3.11. The van der Waals surface area contributed by atoms with Crippen LogP contribution in [0.1, 0.15) is 55.7 Å². The highest BCUT2D eigenvalue weighted by Gasteiger charge is 2.39. The van der Waals surface area contributed by atoms with E-state index in [1.165, 1.54) is 29.0 Å². The minimum Gasteiger partial charge on any atom is -0.390 e. The Morgan fingerprint density at radius 2 is 1.89 bits per heavy atom. The first-order valence-electron chi connectivity index (χ1n) is 7.60. The smallest absolute Gasteiger partial charge is 0.0943 e. The van der Waals surface area contributed by atoms with Gasteiger partial charge in [-0.3, -0.25) is 0 Å². The summed E-state index contributed by atoms with van der Waals surface area (Å²) in [4.78, 5) is 2.69. The molecular formula is C16H26O2S. The lowest BCUT2D eigenvalue weighted by molar-refractivity contribution is -0.138. The topological polar surface area (TPSA) is 29.5 Å². The molecule has 0 radical (unpaired) electrons. The first kappa shape index (κ1) is 15.0. The summed E-state index contributed by atoms with van der Waals surface area (Å²) in [6.45, 7) is 4.90. The quantitative estimate of drug-likeness (QED) is 0.856. The monoisotopic (exact) mass is 282 g/mol. The molecule has 1 fully saturated rings. The Balaban J connectivity index is 2.04. The van der Waals surface area contributed by atoms with Crippen LogP contribution in [0.4, 0.5) is 0 Å². The number of aryl methyl sites for hydroxylation is 1. The minimum absolute atomic E-state index is 0.288. The fraction of sp³-hybridized carbons (Fsp3) is 0.750. The predicted octanol–water partition coefficient (Wildman–Crippen LogP) is 3.95. The highest BCUT2D eigenvalue weighted by molar-refractivity contribution is 7.11. The number of hydrogen-bond acceptors (Lipinski definition) is 3. The Morgan fingerprint density at radius 3 is 2.47 bits per heavy atom. The lowest BCUT2D eigenvalue weighted by Gasteiger charge is -2.40. The van der Waals surface area contributed by atoms with E-state index in [9.17, 15) is 5.11 Å². The molecule has 1 aliphatic carbocycles. The van der Waals surface area contributed by atoms with Crippen molar-refractivity contribution in [2.75, 3.05) is 6.61 Å². The third-order valence-corrected chi connectivity index (χ3v) is 5.45. The van der Waals surface area contributed by atoms with E-state index in [1.54, 1.807) is 0 Å². The summed E-state index contributed by atoms with van der Waals surface area (Å²) in [5.41, 5.74) is -0.288. The number of rotatable bonds is 6. The maximum absolute atomic E-state index is 10.7. The molecule has 0 aliphatic heterocycles. The van der Waals surface area contributed by atoms with E-state index in [0.29, 0.717) is 6.61 Å². The molecule has 108 valence electrons. The Hall–Kier alpha value is -0.380. The van der Waals surface area contributed by atoms with Crippen LogP contribution in [0.3, 0.4) is 0 Å². The third-order valence-electron chi connectivity index (χ3n) is 4.20. The largest absolute Gasteiger partial charge is 0.390 e. The summed E-state index contributed by atoms with van der Waals surface area (Å²) in [6, 6.07) is 4.34. The van der Waals surface area contributed by atoms with Gasteiger partial charge in [-0.25, -0.2) is 0 Å². The zero-order chi connectivity index (χ0) is 13.7. The third kappa shape index (κ3) is 3.59. The number of hydrogen-bond donors (Lipinski definition) is 1. The molecule has 1 aromatic heterocycles. The molecule has 1 atom stereocenters. The van der Waals surface area contributed by atoms with E-state index in [1.807, 2.05) is 18.3 Å². The molecule has 1 N–H and O–H groups in total. The van der Waals surface area contributed by atoms with Crippen molar-refractivity contribution >= 4 is 11.3 Å². The van der Waals surface area contributed by atoms with Gasteiger partial charge in [-0.1, -0.05) is 26.2 Å². The molecule has 1 aromatic rings. The van der Waals surface area contributed by atoms with Crippen molar-refractivity contribution in [2.24, 2.45) is 0 Å². The van der Waals surface area contributed by atoms with E-state index < -0.39 is 0 Å². The molecule has 19 heavy (non-hydrogen) atoms. The summed E-state index contributed by atoms with van der Waals surface area (Å²) in [5.74, 6) is 0. The van der Waals surface area contributed by atoms with Gasteiger partial charge in [0.15, 0.2) is 0 Å². The highest BCUT2D eigenvalue weighted by atomic mass is 32.1. The molecule has 0 bridgehead atoms. The van der Waals surface area contributed by atoms with Crippen LogP contribution in [-0.4, -0.2) is 23.4 Å². The number of thiophene rings is 1. The first-order valence-corrected chi connectivity index (χ1v) is 8.41. The van der Waals surface area contributed by atoms with Crippen LogP contribution in [0.25, 0.3) is 0 Å². The van der Waals surface area contributed by atoms with E-state index in [4.69, 9.17) is 4.74 Å². The van der Waals surface area contributed by atoms with Crippen molar-refractivity contribution in [3.05, 3.63) is 21.9 Å². The van der Waals surface area contributed by atoms with Gasteiger partial charge in [-0.05, 0) is 38.3 Å². The van der Waals surface area contributed by atoms with Crippen molar-refractivity contribution in [3.63, 3.8) is 0 Å². The fourth-order valence-corrected chi connectivity index (χ4v) is 4.10. The van der Waals surface area contributed by atoms with Crippen LogP contribution < -0.4 is 0 Å². The molecule has 2 rings (SSSR count). The lowest BCUT2D eigenvalue weighted by Crippen LogP contribution is -2.47. The first-order chi connectivity index (χ1) is 9.20. The maximum atomic E-state index is 10.7. The molecule has 1 unspecified atom stereocenters. The molecule has 2 nitrogen and oxygen atoms in total. The second kappa shape index (κ2) is 6.87. The second-order valence-corrected chi connectivity index (χ2v) is 6.75. The maximum Gasteiger partial charge on any atom is 0.0943 e. The van der Waals surface area contributed by atoms with Crippen molar-refractivity contribution in [2.45, 2.75) is 70.5 Å². The Bertz CT molecular complexity index is 374. The summed E-state index contributed by atoms with van der Waals surface area (Å²) >= 11 is 1.83. The number of aliphatic hydroxyl groups is 1. The van der Waals surface area contributed by atoms with Gasteiger partial charge < -0.3 is 9.84 Å². The molecule has 1 heterocycles. The van der Waals surface area contributed by atoms with Gasteiger partial charge in [0.05, 0.1) is 11.7 Å². The van der Waals surface area contributed by atoms with Crippen LogP contribution >= 0.6 is 11.3 Å². The van der Waals surface area contributed by atoms with Gasteiger partial charge >= 0.3 is 0 Å². The normalized spacial score (nSPS) is 20.4. The van der Waals surface area contributed by atoms with E-state index >= 15 is 0 Å². The second-order valence-electron chi connectivity index (χ2n) is 5.50. The zero-order valence-electron chi connectivity index (χ0n) is 12.2. The zero-order valence-corrected chi connectivity index (χ0v) is 13.0. The highest BCUT2D eigenvalue weighted by Crippen LogP contribution is 2.36. The SMILES string of the molecule is CCOC1(C(O)Cc2ccc(CC)s2)CCCCC1. The van der Waals surface area contributed by atoms with Crippen LogP contribution in [0, 0.1) is 0 Å². The van der Waals surface area contributed by atoms with Crippen LogP contribution in [0.15, 0.2) is 12.1 Å². The minimum atomic E-state index is -0.365. The summed E-state index contributed by atoms with van der Waals surface area (Å²) in [7, 11) is 0. The van der Waals surface area contributed by atoms with E-state index in [2.05, 4.69) is 19.1 Å². The van der Waals surface area contributed by atoms with E-state index in [0.717, 1.165) is 25.7 Å². The van der Waals surface area contributed by atoms with Gasteiger partial charge in [0, 0.05) is 22.8 Å². The molecule has 0 amide bonds. The summed E-state index contributed by atoms with van der Waals surface area (Å²) < 4.78 is 5.99. The van der Waals surface area contributed by atoms with Gasteiger partial charge in [-0.2, -0.15) is 0 Å². The molecule has 0 spiro atoms. The molecule has 0 saturated heterocycles. The average Bonchev–Trinajstić information content (AvgIpc) is 2.88. The molecule has 1 aliphatic rings. The van der Waals surface area contributed by atoms with Crippen LogP contribution in [0.2, 0.25) is 0 Å². The molecular weight excluding hydrogens is 256 g/mol. The molecule has 1 saturated carbocycles. The van der Waals surface area contributed by atoms with Gasteiger partial charge in [0.1, 0.15) is 0 Å². The molecule has 0 aromatic carbocycles. The average molecular weight is 282 g/mol. The van der Waals surface area contributed by atoms with E-state index in [-0.39, 0.29) is 11.7 Å². The van der Waals surface area contributed by atoms with Crippen LogP contribution in [-0.2, 0) is 17.6 Å². The Labute approximate surface area is 120 Å². The van der Waals surface area contributed by atoms with Gasteiger partial charge in [0.2, 0.25) is 0 Å². The van der Waals surface area contributed by atoms with Gasteiger partial charge in [-0.15, -0.1) is 11.3 Å². The number of aliphatic hydroxyl groups excluding tert-OH is 1. The predicted molar refractivity (Wildman–Crippen MR) is 80.8 cm³/mol. The standard InChI is InChI=1S/C16H26O2S/c1-3-13-8-9-14(19-13)12-15(17)16(18-4-2)10-6-5-7-11-16/h8-9,15,17H,3-7,10-12H2,1-2H3. The van der Waals surface area contributed by atoms with Crippen LogP contribution in [0.5, 0.6) is 0 Å². The van der Waals surface area contributed by atoms with Crippen molar-refractivity contribution in [1.82, 2.24) is 0 Å². The van der Waals surface area contributed by atoms with Crippen molar-refractivity contribution in [1.29, 1.82) is 0 Å². The van der Waals surface area contributed by atoms with Gasteiger partial charge in [0.25, 0.3) is 0 Å². The summed E-state index contributed by atoms with van der Waals surface area (Å²) in [6.07, 6.45) is 7.12. The lowest BCUT2D eigenvalue weighted by atomic mass is 9.79. The van der Waals surface area contributed by atoms with Crippen molar-refractivity contribution in [3.8, 4) is 0 Å². The number of ether oxygens (including phenoxy) is 1. The van der Waals surface area contributed by atoms with Crippen molar-refractivity contribution < 1.29 is 9.84 Å². The Morgan fingerprint density at radius 1 is 1.21 bits per heavy atom. The Kier molecular flexibility index (Phi) is 5.43. The molecule has 3 heteroatoms. The summed E-state index contributed by atoms with van der Waals surface area (Å²) in [5, 5.41) is 10.7.